The van der Waals surface area contributed by atoms with Gasteiger partial charge in [0.15, 0.2) is 0 Å². The number of hydrogen-bond acceptors (Lipinski definition) is 2. The second-order valence-corrected chi connectivity index (χ2v) is 5.38. The molecule has 0 aliphatic carbocycles. The Hall–Kier alpha value is -1.32. The molecular weight excluding hydrogens is 302 g/mol. The molecule has 0 aliphatic rings. The molecule has 2 aromatic carbocycles. The fourth-order valence-corrected chi connectivity index (χ4v) is 2.34. The van der Waals surface area contributed by atoms with Gasteiger partial charge in [0.1, 0.15) is 0 Å². The lowest BCUT2D eigenvalue weighted by Gasteiger charge is -2.12. The highest BCUT2D eigenvalue weighted by molar-refractivity contribution is 9.10. The Balaban J connectivity index is 2.07. The number of nitrogens with one attached hydrogen (secondary N) is 1. The molecule has 100 valence electrons. The summed E-state index contributed by atoms with van der Waals surface area (Å²) in [6, 6.07) is 14.7. The van der Waals surface area contributed by atoms with Crippen LogP contribution in [0.5, 0.6) is 0 Å². The third-order valence-electron chi connectivity index (χ3n) is 3.04. The van der Waals surface area contributed by atoms with E-state index in [1.165, 1.54) is 16.7 Å². The van der Waals surface area contributed by atoms with Crippen LogP contribution in [0.4, 0.5) is 5.69 Å². The third-order valence-corrected chi connectivity index (χ3v) is 3.89. The maximum absolute atomic E-state index is 5.21. The first kappa shape index (κ1) is 14.1. The van der Waals surface area contributed by atoms with Crippen molar-refractivity contribution in [2.45, 2.75) is 20.1 Å². The predicted octanol–water partition coefficient (Wildman–Crippen LogP) is 4.52. The molecule has 19 heavy (non-hydrogen) atoms. The molecule has 0 spiro atoms. The zero-order valence-corrected chi connectivity index (χ0v) is 12.8. The number of para-hydroxylation sites is 1. The zero-order valence-electron chi connectivity index (χ0n) is 11.2. The SMILES string of the molecule is COCc1ccccc1NCc1ccc(C)c(Br)c1. The van der Waals surface area contributed by atoms with Crippen LogP contribution in [0.15, 0.2) is 46.9 Å². The van der Waals surface area contributed by atoms with Gasteiger partial charge in [-0.25, -0.2) is 0 Å². The van der Waals surface area contributed by atoms with Crippen molar-refractivity contribution in [3.63, 3.8) is 0 Å². The number of hydrogen-bond donors (Lipinski definition) is 1. The van der Waals surface area contributed by atoms with Crippen LogP contribution < -0.4 is 5.32 Å². The first-order chi connectivity index (χ1) is 9.20. The summed E-state index contributed by atoms with van der Waals surface area (Å²) in [5.74, 6) is 0. The molecular formula is C16H18BrNO. The number of halogens is 1. The Morgan fingerprint density at radius 1 is 1.16 bits per heavy atom. The van der Waals surface area contributed by atoms with Crippen molar-refractivity contribution < 1.29 is 4.74 Å². The lowest BCUT2D eigenvalue weighted by Crippen LogP contribution is -2.03. The maximum atomic E-state index is 5.21. The Kier molecular flexibility index (Phi) is 5.00. The van der Waals surface area contributed by atoms with Crippen LogP contribution in [0.3, 0.4) is 0 Å². The van der Waals surface area contributed by atoms with Gasteiger partial charge in [0, 0.05) is 29.4 Å². The Labute approximate surface area is 122 Å². The Morgan fingerprint density at radius 3 is 2.68 bits per heavy atom. The smallest absolute Gasteiger partial charge is 0.0733 e. The lowest BCUT2D eigenvalue weighted by atomic mass is 10.1. The first-order valence-electron chi connectivity index (χ1n) is 6.26. The van der Waals surface area contributed by atoms with Crippen molar-refractivity contribution >= 4 is 21.6 Å². The molecule has 0 radical (unpaired) electrons. The fourth-order valence-electron chi connectivity index (χ4n) is 1.92. The minimum absolute atomic E-state index is 0.626. The van der Waals surface area contributed by atoms with Gasteiger partial charge < -0.3 is 10.1 Å². The molecule has 2 aromatic rings. The molecule has 2 nitrogen and oxygen atoms in total. The summed E-state index contributed by atoms with van der Waals surface area (Å²) in [6.45, 7) is 3.52. The van der Waals surface area contributed by atoms with Gasteiger partial charge >= 0.3 is 0 Å². The molecule has 0 atom stereocenters. The second kappa shape index (κ2) is 6.73. The number of rotatable bonds is 5. The maximum Gasteiger partial charge on any atom is 0.0733 e. The molecule has 0 unspecified atom stereocenters. The minimum atomic E-state index is 0.626. The van der Waals surface area contributed by atoms with E-state index < -0.39 is 0 Å². The normalized spacial score (nSPS) is 10.5. The van der Waals surface area contributed by atoms with Crippen molar-refractivity contribution in [1.29, 1.82) is 0 Å². The summed E-state index contributed by atoms with van der Waals surface area (Å²) < 4.78 is 6.36. The molecule has 2 rings (SSSR count). The standard InChI is InChI=1S/C16H18BrNO/c1-12-7-8-13(9-15(12)17)10-18-16-6-4-3-5-14(16)11-19-2/h3-9,18H,10-11H2,1-2H3. The van der Waals surface area contributed by atoms with Gasteiger partial charge in [-0.3, -0.25) is 0 Å². The third kappa shape index (κ3) is 3.82. The van der Waals surface area contributed by atoms with Crippen molar-refractivity contribution in [3.8, 4) is 0 Å². The first-order valence-corrected chi connectivity index (χ1v) is 7.05. The molecule has 0 amide bonds. The van der Waals surface area contributed by atoms with Crippen LogP contribution in [0, 0.1) is 6.92 Å². The van der Waals surface area contributed by atoms with E-state index in [-0.39, 0.29) is 0 Å². The molecule has 0 bridgehead atoms. The average molecular weight is 320 g/mol. The summed E-state index contributed by atoms with van der Waals surface area (Å²) in [5, 5.41) is 3.46. The van der Waals surface area contributed by atoms with Gasteiger partial charge in [0.2, 0.25) is 0 Å². The summed E-state index contributed by atoms with van der Waals surface area (Å²) >= 11 is 3.56. The van der Waals surface area contributed by atoms with E-state index in [1.807, 2.05) is 12.1 Å². The van der Waals surface area contributed by atoms with Gasteiger partial charge in [-0.2, -0.15) is 0 Å². The van der Waals surface area contributed by atoms with Crippen LogP contribution in [0.25, 0.3) is 0 Å². The number of aryl methyl sites for hydroxylation is 1. The second-order valence-electron chi connectivity index (χ2n) is 4.53. The Bertz CT molecular complexity index is 554. The summed E-state index contributed by atoms with van der Waals surface area (Å²) in [7, 11) is 1.72. The average Bonchev–Trinajstić information content (AvgIpc) is 2.42. The van der Waals surface area contributed by atoms with Gasteiger partial charge in [-0.1, -0.05) is 46.3 Å². The quantitative estimate of drug-likeness (QED) is 0.875. The number of methoxy groups -OCH3 is 1. The highest BCUT2D eigenvalue weighted by Crippen LogP contribution is 2.20. The number of benzene rings is 2. The van der Waals surface area contributed by atoms with Crippen molar-refractivity contribution in [2.24, 2.45) is 0 Å². The summed E-state index contributed by atoms with van der Waals surface area (Å²) in [6.07, 6.45) is 0. The predicted molar refractivity (Wildman–Crippen MR) is 83.4 cm³/mol. The van der Waals surface area contributed by atoms with E-state index in [2.05, 4.69) is 58.5 Å². The van der Waals surface area contributed by atoms with Crippen LogP contribution in [-0.2, 0) is 17.9 Å². The number of anilines is 1. The summed E-state index contributed by atoms with van der Waals surface area (Å²) in [4.78, 5) is 0. The molecule has 0 aliphatic heterocycles. The Morgan fingerprint density at radius 2 is 1.95 bits per heavy atom. The minimum Gasteiger partial charge on any atom is -0.381 e. The van der Waals surface area contributed by atoms with E-state index in [1.54, 1.807) is 7.11 Å². The highest BCUT2D eigenvalue weighted by Gasteiger charge is 2.02. The molecule has 1 N–H and O–H groups in total. The summed E-state index contributed by atoms with van der Waals surface area (Å²) in [5.41, 5.74) is 4.81. The van der Waals surface area contributed by atoms with E-state index in [0.717, 1.165) is 16.7 Å². The van der Waals surface area contributed by atoms with E-state index in [4.69, 9.17) is 4.74 Å². The molecule has 0 saturated carbocycles. The topological polar surface area (TPSA) is 21.3 Å². The van der Waals surface area contributed by atoms with Crippen molar-refractivity contribution in [1.82, 2.24) is 0 Å². The van der Waals surface area contributed by atoms with E-state index >= 15 is 0 Å². The largest absolute Gasteiger partial charge is 0.381 e. The van der Waals surface area contributed by atoms with Crippen LogP contribution in [0.1, 0.15) is 16.7 Å². The molecule has 0 fully saturated rings. The molecule has 0 aromatic heterocycles. The fraction of sp³-hybridized carbons (Fsp3) is 0.250. The number of ether oxygens (including phenoxy) is 1. The van der Waals surface area contributed by atoms with E-state index in [9.17, 15) is 0 Å². The van der Waals surface area contributed by atoms with Crippen LogP contribution in [0.2, 0.25) is 0 Å². The monoisotopic (exact) mass is 319 g/mol. The van der Waals surface area contributed by atoms with Gasteiger partial charge in [0.25, 0.3) is 0 Å². The molecule has 0 heterocycles. The molecule has 3 heteroatoms. The van der Waals surface area contributed by atoms with Gasteiger partial charge in [-0.15, -0.1) is 0 Å². The lowest BCUT2D eigenvalue weighted by molar-refractivity contribution is 0.185. The van der Waals surface area contributed by atoms with Crippen LogP contribution in [-0.4, -0.2) is 7.11 Å². The van der Waals surface area contributed by atoms with Crippen molar-refractivity contribution in [2.75, 3.05) is 12.4 Å². The highest BCUT2D eigenvalue weighted by atomic mass is 79.9. The van der Waals surface area contributed by atoms with Crippen molar-refractivity contribution in [3.05, 3.63) is 63.6 Å². The van der Waals surface area contributed by atoms with Crippen LogP contribution >= 0.6 is 15.9 Å². The molecule has 0 saturated heterocycles. The van der Waals surface area contributed by atoms with Gasteiger partial charge in [-0.05, 0) is 30.2 Å². The van der Waals surface area contributed by atoms with Gasteiger partial charge in [0.05, 0.1) is 6.61 Å². The van der Waals surface area contributed by atoms with E-state index in [0.29, 0.717) is 6.61 Å². The zero-order chi connectivity index (χ0) is 13.7.